The Labute approximate surface area is 102 Å². The third-order valence-electron chi connectivity index (χ3n) is 3.37. The summed E-state index contributed by atoms with van der Waals surface area (Å²) in [4.78, 5) is 2.25. The molecule has 0 N–H and O–H groups in total. The van der Waals surface area contributed by atoms with E-state index in [-0.39, 0.29) is 11.5 Å². The number of anilines is 1. The van der Waals surface area contributed by atoms with Gasteiger partial charge in [0.2, 0.25) is 0 Å². The van der Waals surface area contributed by atoms with Gasteiger partial charge in [-0.2, -0.15) is 10.5 Å². The second-order valence-corrected chi connectivity index (χ2v) is 5.11. The predicted octanol–water partition coefficient (Wildman–Crippen LogP) is 2.69. The van der Waals surface area contributed by atoms with Crippen molar-refractivity contribution >= 4 is 5.69 Å². The number of hydrogen-bond donors (Lipinski definition) is 0. The predicted molar refractivity (Wildman–Crippen MR) is 66.3 cm³/mol. The van der Waals surface area contributed by atoms with E-state index in [9.17, 15) is 0 Å². The molecule has 2 rings (SSSR count). The van der Waals surface area contributed by atoms with E-state index >= 15 is 0 Å². The summed E-state index contributed by atoms with van der Waals surface area (Å²) < 4.78 is 0. The molecule has 1 atom stereocenters. The summed E-state index contributed by atoms with van der Waals surface area (Å²) in [6.07, 6.45) is 0.892. The zero-order chi connectivity index (χ0) is 12.5. The summed E-state index contributed by atoms with van der Waals surface area (Å²) in [5, 5.41) is 17.8. The first-order valence-corrected chi connectivity index (χ1v) is 5.74. The van der Waals surface area contributed by atoms with E-state index in [1.54, 1.807) is 0 Å². The molecule has 3 heteroatoms. The number of benzene rings is 1. The molecule has 0 saturated carbocycles. The topological polar surface area (TPSA) is 50.8 Å². The second-order valence-electron chi connectivity index (χ2n) is 5.11. The van der Waals surface area contributed by atoms with Gasteiger partial charge in [0.05, 0.1) is 23.6 Å². The van der Waals surface area contributed by atoms with Crippen molar-refractivity contribution in [1.29, 1.82) is 10.5 Å². The van der Waals surface area contributed by atoms with E-state index in [2.05, 4.69) is 30.9 Å². The second kappa shape index (κ2) is 4.11. The van der Waals surface area contributed by atoms with Crippen molar-refractivity contribution in [3.05, 3.63) is 29.8 Å². The summed E-state index contributed by atoms with van der Waals surface area (Å²) in [7, 11) is 0. The van der Waals surface area contributed by atoms with Crippen LogP contribution in [0.1, 0.15) is 25.8 Å². The Morgan fingerprint density at radius 1 is 1.24 bits per heavy atom. The summed E-state index contributed by atoms with van der Waals surface area (Å²) in [5.74, 6) is 0.0978. The first-order chi connectivity index (χ1) is 8.06. The molecule has 1 aromatic carbocycles. The molecule has 1 saturated heterocycles. The first-order valence-electron chi connectivity index (χ1n) is 5.74. The minimum atomic E-state index is 0.00849. The fraction of sp³-hybridized carbons (Fsp3) is 0.429. The van der Waals surface area contributed by atoms with E-state index in [1.165, 1.54) is 0 Å². The molecule has 17 heavy (non-hydrogen) atoms. The lowest BCUT2D eigenvalue weighted by molar-refractivity contribution is 0.503. The molecular weight excluding hydrogens is 210 g/mol. The highest BCUT2D eigenvalue weighted by molar-refractivity contribution is 5.53. The van der Waals surface area contributed by atoms with Crippen molar-refractivity contribution in [1.82, 2.24) is 0 Å². The highest BCUT2D eigenvalue weighted by Crippen LogP contribution is 2.36. The summed E-state index contributed by atoms with van der Waals surface area (Å²) in [6.45, 7) is 5.08. The lowest BCUT2D eigenvalue weighted by Crippen LogP contribution is -2.38. The smallest absolute Gasteiger partial charge is 0.0991 e. The van der Waals surface area contributed by atoms with Crippen molar-refractivity contribution in [2.45, 2.75) is 25.8 Å². The molecule has 1 aromatic rings. The van der Waals surface area contributed by atoms with Gasteiger partial charge < -0.3 is 4.90 Å². The normalized spacial score (nSPS) is 21.9. The van der Waals surface area contributed by atoms with Gasteiger partial charge in [-0.1, -0.05) is 0 Å². The molecular formula is C14H15N3. The highest BCUT2D eigenvalue weighted by Gasteiger charge is 2.38. The number of nitriles is 2. The zero-order valence-electron chi connectivity index (χ0n) is 10.1. The minimum absolute atomic E-state index is 0.00849. The Balaban J connectivity index is 2.28. The lowest BCUT2D eigenvalue weighted by Gasteiger charge is -2.33. The molecule has 86 valence electrons. The molecule has 1 heterocycles. The van der Waals surface area contributed by atoms with Gasteiger partial charge in [0, 0.05) is 17.8 Å². The van der Waals surface area contributed by atoms with Gasteiger partial charge in [-0.15, -0.1) is 0 Å². The van der Waals surface area contributed by atoms with Gasteiger partial charge in [0.15, 0.2) is 0 Å². The fourth-order valence-electron chi connectivity index (χ4n) is 2.50. The van der Waals surface area contributed by atoms with Crippen LogP contribution in [0.4, 0.5) is 5.69 Å². The fourth-order valence-corrected chi connectivity index (χ4v) is 2.50. The van der Waals surface area contributed by atoms with E-state index in [0.29, 0.717) is 5.56 Å². The van der Waals surface area contributed by atoms with Crippen LogP contribution >= 0.6 is 0 Å². The Morgan fingerprint density at radius 2 is 1.88 bits per heavy atom. The van der Waals surface area contributed by atoms with Crippen LogP contribution in [0.15, 0.2) is 24.3 Å². The maximum atomic E-state index is 9.03. The Bertz CT molecular complexity index is 488. The van der Waals surface area contributed by atoms with E-state index in [4.69, 9.17) is 10.5 Å². The molecule has 1 fully saturated rings. The van der Waals surface area contributed by atoms with Crippen LogP contribution in [-0.2, 0) is 0 Å². The van der Waals surface area contributed by atoms with Crippen LogP contribution in [0.25, 0.3) is 0 Å². The molecule has 0 radical (unpaired) electrons. The summed E-state index contributed by atoms with van der Waals surface area (Å²) in [5.41, 5.74) is 1.77. The largest absolute Gasteiger partial charge is 0.365 e. The first kappa shape index (κ1) is 11.5. The van der Waals surface area contributed by atoms with Crippen molar-refractivity contribution in [3.63, 3.8) is 0 Å². The van der Waals surface area contributed by atoms with Crippen LogP contribution in [0.5, 0.6) is 0 Å². The van der Waals surface area contributed by atoms with Crippen molar-refractivity contribution in [3.8, 4) is 12.1 Å². The highest BCUT2D eigenvalue weighted by atomic mass is 15.2. The van der Waals surface area contributed by atoms with Gasteiger partial charge in [-0.25, -0.2) is 0 Å². The number of nitrogens with zero attached hydrogens (tertiary/aromatic N) is 3. The van der Waals surface area contributed by atoms with Crippen molar-refractivity contribution in [2.75, 3.05) is 11.4 Å². The van der Waals surface area contributed by atoms with Gasteiger partial charge in [-0.05, 0) is 44.5 Å². The maximum Gasteiger partial charge on any atom is 0.0991 e. The minimum Gasteiger partial charge on any atom is -0.365 e. The standard InChI is InChI=1S/C14H15N3/c1-14(2)7-12(9-16)10-17(14)13-5-3-11(8-15)4-6-13/h3-6,12H,7,10H2,1-2H3. The van der Waals surface area contributed by atoms with Gasteiger partial charge in [-0.3, -0.25) is 0 Å². The monoisotopic (exact) mass is 225 g/mol. The SMILES string of the molecule is CC1(C)CC(C#N)CN1c1ccc(C#N)cc1. The molecule has 0 amide bonds. The van der Waals surface area contributed by atoms with Crippen LogP contribution < -0.4 is 4.90 Å². The molecule has 1 aliphatic rings. The molecule has 0 spiro atoms. The molecule has 0 bridgehead atoms. The lowest BCUT2D eigenvalue weighted by atomic mass is 9.97. The quantitative estimate of drug-likeness (QED) is 0.738. The van der Waals surface area contributed by atoms with E-state index in [1.807, 2.05) is 24.3 Å². The van der Waals surface area contributed by atoms with E-state index < -0.39 is 0 Å². The molecule has 3 nitrogen and oxygen atoms in total. The Hall–Kier alpha value is -2.00. The third kappa shape index (κ3) is 2.10. The summed E-state index contributed by atoms with van der Waals surface area (Å²) >= 11 is 0. The van der Waals surface area contributed by atoms with Crippen LogP contribution in [-0.4, -0.2) is 12.1 Å². The molecule has 1 unspecified atom stereocenters. The van der Waals surface area contributed by atoms with Crippen molar-refractivity contribution in [2.24, 2.45) is 5.92 Å². The van der Waals surface area contributed by atoms with E-state index in [0.717, 1.165) is 18.7 Å². The molecule has 0 aliphatic carbocycles. The Morgan fingerprint density at radius 3 is 2.35 bits per heavy atom. The Kier molecular flexibility index (Phi) is 2.77. The summed E-state index contributed by atoms with van der Waals surface area (Å²) in [6, 6.07) is 12.0. The van der Waals surface area contributed by atoms with Gasteiger partial charge in [0.25, 0.3) is 0 Å². The van der Waals surface area contributed by atoms with Crippen LogP contribution in [0.3, 0.4) is 0 Å². The number of hydrogen-bond acceptors (Lipinski definition) is 3. The maximum absolute atomic E-state index is 9.03. The van der Waals surface area contributed by atoms with Gasteiger partial charge >= 0.3 is 0 Å². The zero-order valence-corrected chi connectivity index (χ0v) is 10.1. The van der Waals surface area contributed by atoms with Crippen LogP contribution in [0.2, 0.25) is 0 Å². The van der Waals surface area contributed by atoms with Crippen molar-refractivity contribution < 1.29 is 0 Å². The van der Waals surface area contributed by atoms with Gasteiger partial charge in [0.1, 0.15) is 0 Å². The average molecular weight is 225 g/mol. The molecule has 0 aromatic heterocycles. The van der Waals surface area contributed by atoms with Crippen LogP contribution in [0, 0.1) is 28.6 Å². The average Bonchev–Trinajstić information content (AvgIpc) is 2.64. The third-order valence-corrected chi connectivity index (χ3v) is 3.37. The molecule has 1 aliphatic heterocycles. The number of rotatable bonds is 1.